The van der Waals surface area contributed by atoms with E-state index in [0.717, 1.165) is 17.2 Å². The van der Waals surface area contributed by atoms with E-state index in [1.165, 1.54) is 31.6 Å². The number of hydrogen-bond acceptors (Lipinski definition) is 2. The van der Waals surface area contributed by atoms with Crippen LogP contribution in [0.3, 0.4) is 0 Å². The fraction of sp³-hybridized carbons (Fsp3) is 1.00. The number of thioether (sulfide) groups is 1. The molecule has 1 heterocycles. The zero-order chi connectivity index (χ0) is 7.68. The molecule has 1 N–H and O–H groups in total. The Morgan fingerprint density at radius 1 is 1.45 bits per heavy atom. The molecule has 0 amide bonds. The lowest BCUT2D eigenvalue weighted by Crippen LogP contribution is -2.30. The van der Waals surface area contributed by atoms with Crippen LogP contribution >= 0.6 is 11.8 Å². The third-order valence-electron chi connectivity index (χ3n) is 2.59. The molecule has 0 aromatic carbocycles. The van der Waals surface area contributed by atoms with Crippen LogP contribution in [0.5, 0.6) is 0 Å². The van der Waals surface area contributed by atoms with Gasteiger partial charge in [0.2, 0.25) is 0 Å². The van der Waals surface area contributed by atoms with Gasteiger partial charge in [0.05, 0.1) is 0 Å². The van der Waals surface area contributed by atoms with Crippen molar-refractivity contribution in [2.45, 2.75) is 37.5 Å². The second-order valence-corrected chi connectivity index (χ2v) is 5.40. The van der Waals surface area contributed by atoms with E-state index in [9.17, 15) is 0 Å². The van der Waals surface area contributed by atoms with E-state index in [1.54, 1.807) is 0 Å². The normalized spacial score (nSPS) is 37.9. The first-order chi connectivity index (χ1) is 5.34. The van der Waals surface area contributed by atoms with Crippen molar-refractivity contribution in [3.63, 3.8) is 0 Å². The molecule has 2 aliphatic rings. The molecular weight excluding hydrogens is 154 g/mol. The summed E-state index contributed by atoms with van der Waals surface area (Å²) in [5.41, 5.74) is 0. The molecule has 1 saturated heterocycles. The molecule has 1 aliphatic heterocycles. The maximum Gasteiger partial charge on any atom is 0.0168 e. The molecule has 2 unspecified atom stereocenters. The van der Waals surface area contributed by atoms with Gasteiger partial charge in [0.1, 0.15) is 0 Å². The molecule has 2 heteroatoms. The van der Waals surface area contributed by atoms with Gasteiger partial charge in [0, 0.05) is 17.0 Å². The van der Waals surface area contributed by atoms with Crippen molar-refractivity contribution >= 4 is 11.8 Å². The van der Waals surface area contributed by atoms with Crippen molar-refractivity contribution < 1.29 is 0 Å². The Balaban J connectivity index is 1.62. The van der Waals surface area contributed by atoms with Gasteiger partial charge in [-0.2, -0.15) is 11.8 Å². The monoisotopic (exact) mass is 171 g/mol. The fourth-order valence-electron chi connectivity index (χ4n) is 1.61. The lowest BCUT2D eigenvalue weighted by molar-refractivity contribution is 0.520. The van der Waals surface area contributed by atoms with Gasteiger partial charge in [0.25, 0.3) is 0 Å². The molecule has 2 fully saturated rings. The van der Waals surface area contributed by atoms with Gasteiger partial charge in [-0.25, -0.2) is 0 Å². The molecule has 0 aromatic rings. The number of hydrogen-bond donors (Lipinski definition) is 1. The van der Waals surface area contributed by atoms with Gasteiger partial charge in [-0.15, -0.1) is 0 Å². The third-order valence-corrected chi connectivity index (χ3v) is 3.95. The van der Waals surface area contributed by atoms with Crippen molar-refractivity contribution in [2.75, 3.05) is 12.3 Å². The van der Waals surface area contributed by atoms with Crippen LogP contribution in [0.4, 0.5) is 0 Å². The van der Waals surface area contributed by atoms with Gasteiger partial charge in [-0.1, -0.05) is 6.92 Å². The summed E-state index contributed by atoms with van der Waals surface area (Å²) in [4.78, 5) is 0. The zero-order valence-electron chi connectivity index (χ0n) is 7.18. The summed E-state index contributed by atoms with van der Waals surface area (Å²) in [6.45, 7) is 3.63. The lowest BCUT2D eigenvalue weighted by atomic mass is 10.2. The zero-order valence-corrected chi connectivity index (χ0v) is 7.99. The second kappa shape index (κ2) is 3.36. The van der Waals surface area contributed by atoms with Gasteiger partial charge in [0.15, 0.2) is 0 Å². The van der Waals surface area contributed by atoms with E-state index < -0.39 is 0 Å². The summed E-state index contributed by atoms with van der Waals surface area (Å²) in [6.07, 6.45) is 4.34. The first-order valence-electron chi connectivity index (χ1n) is 4.69. The molecule has 0 bridgehead atoms. The molecule has 11 heavy (non-hydrogen) atoms. The standard InChI is InChI=1S/C9H17NS/c1-7-4-9(6-11-7)10-5-8-2-3-8/h7-10H,2-6H2,1H3. The highest BCUT2D eigenvalue weighted by atomic mass is 32.2. The van der Waals surface area contributed by atoms with Crippen LogP contribution in [0, 0.1) is 5.92 Å². The maximum atomic E-state index is 3.65. The smallest absolute Gasteiger partial charge is 0.0168 e. The van der Waals surface area contributed by atoms with Crippen molar-refractivity contribution in [3.05, 3.63) is 0 Å². The van der Waals surface area contributed by atoms with E-state index in [0.29, 0.717) is 0 Å². The van der Waals surface area contributed by atoms with Crippen LogP contribution in [0.2, 0.25) is 0 Å². The quantitative estimate of drug-likeness (QED) is 0.696. The summed E-state index contributed by atoms with van der Waals surface area (Å²) < 4.78 is 0. The lowest BCUT2D eigenvalue weighted by Gasteiger charge is -2.09. The highest BCUT2D eigenvalue weighted by Gasteiger charge is 2.25. The van der Waals surface area contributed by atoms with Crippen molar-refractivity contribution in [1.29, 1.82) is 0 Å². The largest absolute Gasteiger partial charge is 0.313 e. The molecule has 1 saturated carbocycles. The average molecular weight is 171 g/mol. The van der Waals surface area contributed by atoms with Crippen LogP contribution in [0.15, 0.2) is 0 Å². The average Bonchev–Trinajstić information content (AvgIpc) is 2.72. The van der Waals surface area contributed by atoms with Crippen molar-refractivity contribution in [3.8, 4) is 0 Å². The molecule has 1 aliphatic carbocycles. The van der Waals surface area contributed by atoms with Crippen molar-refractivity contribution in [1.82, 2.24) is 5.32 Å². The molecule has 64 valence electrons. The Labute approximate surface area is 73.3 Å². The Kier molecular flexibility index (Phi) is 2.42. The third kappa shape index (κ3) is 2.38. The second-order valence-electron chi connectivity index (χ2n) is 3.93. The topological polar surface area (TPSA) is 12.0 Å². The highest BCUT2D eigenvalue weighted by molar-refractivity contribution is 8.00. The van der Waals surface area contributed by atoms with Crippen LogP contribution in [0.1, 0.15) is 26.2 Å². The number of nitrogens with one attached hydrogen (secondary N) is 1. The van der Waals surface area contributed by atoms with Crippen LogP contribution in [0.25, 0.3) is 0 Å². The molecule has 0 radical (unpaired) electrons. The van der Waals surface area contributed by atoms with E-state index >= 15 is 0 Å². The molecule has 0 spiro atoms. The summed E-state index contributed by atoms with van der Waals surface area (Å²) in [5.74, 6) is 2.38. The van der Waals surface area contributed by atoms with Crippen molar-refractivity contribution in [2.24, 2.45) is 5.92 Å². The Morgan fingerprint density at radius 2 is 2.27 bits per heavy atom. The fourth-order valence-corrected chi connectivity index (χ4v) is 2.80. The molecular formula is C9H17NS. The van der Waals surface area contributed by atoms with E-state index in [-0.39, 0.29) is 0 Å². The summed E-state index contributed by atoms with van der Waals surface area (Å²) in [6, 6.07) is 0.829. The van der Waals surface area contributed by atoms with E-state index in [1.807, 2.05) is 0 Å². The minimum atomic E-state index is 0.829. The SMILES string of the molecule is CC1CC(NCC2CC2)CS1. The van der Waals surface area contributed by atoms with Crippen LogP contribution in [-0.2, 0) is 0 Å². The minimum absolute atomic E-state index is 0.829. The predicted octanol–water partition coefficient (Wildman–Crippen LogP) is 1.88. The molecule has 0 aromatic heterocycles. The van der Waals surface area contributed by atoms with Gasteiger partial charge in [-0.3, -0.25) is 0 Å². The van der Waals surface area contributed by atoms with Gasteiger partial charge in [-0.05, 0) is 31.7 Å². The first kappa shape index (κ1) is 7.93. The highest BCUT2D eigenvalue weighted by Crippen LogP contribution is 2.30. The van der Waals surface area contributed by atoms with E-state index in [4.69, 9.17) is 0 Å². The summed E-state index contributed by atoms with van der Waals surface area (Å²) in [5, 5.41) is 4.55. The maximum absolute atomic E-state index is 3.65. The Hall–Kier alpha value is 0.310. The molecule has 2 atom stereocenters. The summed E-state index contributed by atoms with van der Waals surface area (Å²) in [7, 11) is 0. The van der Waals surface area contributed by atoms with E-state index in [2.05, 4.69) is 24.0 Å². The first-order valence-corrected chi connectivity index (χ1v) is 5.74. The predicted molar refractivity (Wildman–Crippen MR) is 51.1 cm³/mol. The molecule has 2 rings (SSSR count). The van der Waals surface area contributed by atoms with Crippen LogP contribution in [-0.4, -0.2) is 23.6 Å². The van der Waals surface area contributed by atoms with Gasteiger partial charge < -0.3 is 5.32 Å². The summed E-state index contributed by atoms with van der Waals surface area (Å²) >= 11 is 2.11. The minimum Gasteiger partial charge on any atom is -0.313 e. The molecule has 1 nitrogen and oxygen atoms in total. The Bertz CT molecular complexity index is 134. The van der Waals surface area contributed by atoms with Crippen LogP contribution < -0.4 is 5.32 Å². The number of rotatable bonds is 3. The van der Waals surface area contributed by atoms with Gasteiger partial charge >= 0.3 is 0 Å². The Morgan fingerprint density at radius 3 is 2.82 bits per heavy atom.